The molecule has 0 amide bonds. The number of ether oxygens (including phenoxy) is 1. The van der Waals surface area contributed by atoms with Crippen molar-refractivity contribution in [2.24, 2.45) is 11.1 Å². The first-order valence-corrected chi connectivity index (χ1v) is 3.62. The van der Waals surface area contributed by atoms with Crippen molar-refractivity contribution in [1.29, 1.82) is 0 Å². The van der Waals surface area contributed by atoms with Crippen LogP contribution < -0.4 is 5.73 Å². The molecule has 1 fully saturated rings. The van der Waals surface area contributed by atoms with Crippen LogP contribution in [-0.4, -0.2) is 31.0 Å². The number of hydrogen-bond acceptors (Lipinski definition) is 3. The lowest BCUT2D eigenvalue weighted by Crippen LogP contribution is -2.43. The van der Waals surface area contributed by atoms with Crippen molar-refractivity contribution in [3.05, 3.63) is 0 Å². The van der Waals surface area contributed by atoms with Crippen molar-refractivity contribution in [3.63, 3.8) is 0 Å². The van der Waals surface area contributed by atoms with E-state index in [-0.39, 0.29) is 11.5 Å². The van der Waals surface area contributed by atoms with Gasteiger partial charge in [0.05, 0.1) is 19.3 Å². The summed E-state index contributed by atoms with van der Waals surface area (Å²) in [5.41, 5.74) is 5.46. The van der Waals surface area contributed by atoms with Crippen LogP contribution in [-0.2, 0) is 4.74 Å². The van der Waals surface area contributed by atoms with Gasteiger partial charge in [0, 0.05) is 12.0 Å². The summed E-state index contributed by atoms with van der Waals surface area (Å²) in [6.45, 7) is 4.00. The molecule has 1 unspecified atom stereocenters. The Bertz CT molecular complexity index is 112. The van der Waals surface area contributed by atoms with Gasteiger partial charge in [-0.3, -0.25) is 0 Å². The first kappa shape index (κ1) is 7.98. The van der Waals surface area contributed by atoms with Crippen LogP contribution >= 0.6 is 0 Å². The molecule has 0 spiro atoms. The molecule has 0 aromatic carbocycles. The fourth-order valence-electron chi connectivity index (χ4n) is 1.22. The molecule has 1 aliphatic heterocycles. The van der Waals surface area contributed by atoms with Crippen molar-refractivity contribution >= 4 is 0 Å². The van der Waals surface area contributed by atoms with E-state index in [1.165, 1.54) is 0 Å². The SMILES string of the molecule is CC1(CC(O)CN)COC1. The zero-order valence-corrected chi connectivity index (χ0v) is 6.34. The molecule has 1 rings (SSSR count). The number of hydrogen-bond donors (Lipinski definition) is 2. The molecule has 0 aromatic rings. The third-order valence-corrected chi connectivity index (χ3v) is 1.90. The standard InChI is InChI=1S/C7H15NO2/c1-7(4-10-5-7)2-6(9)3-8/h6,9H,2-5,8H2,1H3. The molecule has 0 radical (unpaired) electrons. The van der Waals surface area contributed by atoms with Gasteiger partial charge in [0.1, 0.15) is 0 Å². The quantitative estimate of drug-likeness (QED) is 0.575. The molecule has 0 bridgehead atoms. The zero-order chi connectivity index (χ0) is 7.61. The summed E-state index contributed by atoms with van der Waals surface area (Å²) in [7, 11) is 0. The van der Waals surface area contributed by atoms with Crippen LogP contribution in [0, 0.1) is 5.41 Å². The van der Waals surface area contributed by atoms with Crippen molar-refractivity contribution in [1.82, 2.24) is 0 Å². The molecular weight excluding hydrogens is 130 g/mol. The van der Waals surface area contributed by atoms with Crippen molar-refractivity contribution in [2.75, 3.05) is 19.8 Å². The van der Waals surface area contributed by atoms with E-state index in [9.17, 15) is 5.11 Å². The van der Waals surface area contributed by atoms with Crippen LogP contribution in [0.5, 0.6) is 0 Å². The maximum Gasteiger partial charge on any atom is 0.0669 e. The number of aliphatic hydroxyl groups excluding tert-OH is 1. The third-order valence-electron chi connectivity index (χ3n) is 1.90. The summed E-state index contributed by atoms with van der Waals surface area (Å²) in [4.78, 5) is 0. The Morgan fingerprint density at radius 1 is 1.70 bits per heavy atom. The van der Waals surface area contributed by atoms with Crippen LogP contribution in [0.2, 0.25) is 0 Å². The molecule has 10 heavy (non-hydrogen) atoms. The maximum absolute atomic E-state index is 9.18. The minimum absolute atomic E-state index is 0.193. The van der Waals surface area contributed by atoms with E-state index in [1.807, 2.05) is 0 Å². The average Bonchev–Trinajstić information content (AvgIpc) is 1.84. The highest BCUT2D eigenvalue weighted by molar-refractivity contribution is 4.83. The normalized spacial score (nSPS) is 25.5. The summed E-state index contributed by atoms with van der Waals surface area (Å²) >= 11 is 0. The molecule has 0 aromatic heterocycles. The van der Waals surface area contributed by atoms with E-state index in [2.05, 4.69) is 6.92 Å². The molecule has 0 aliphatic carbocycles. The van der Waals surface area contributed by atoms with Gasteiger partial charge in [0.25, 0.3) is 0 Å². The van der Waals surface area contributed by atoms with Gasteiger partial charge in [-0.2, -0.15) is 0 Å². The molecule has 1 saturated heterocycles. The Morgan fingerprint density at radius 2 is 2.30 bits per heavy atom. The predicted molar refractivity (Wildman–Crippen MR) is 38.6 cm³/mol. The molecule has 3 nitrogen and oxygen atoms in total. The number of rotatable bonds is 3. The second-order valence-corrected chi connectivity index (χ2v) is 3.40. The van der Waals surface area contributed by atoms with Gasteiger partial charge in [-0.05, 0) is 6.42 Å². The van der Waals surface area contributed by atoms with E-state index in [0.29, 0.717) is 6.54 Å². The van der Waals surface area contributed by atoms with E-state index >= 15 is 0 Å². The maximum atomic E-state index is 9.18. The first-order valence-electron chi connectivity index (χ1n) is 3.62. The lowest BCUT2D eigenvalue weighted by atomic mass is 9.83. The fourth-order valence-corrected chi connectivity index (χ4v) is 1.22. The second-order valence-electron chi connectivity index (χ2n) is 3.40. The van der Waals surface area contributed by atoms with Gasteiger partial charge in [0.15, 0.2) is 0 Å². The average molecular weight is 145 g/mol. The summed E-state index contributed by atoms with van der Waals surface area (Å²) < 4.78 is 5.03. The smallest absolute Gasteiger partial charge is 0.0669 e. The Hall–Kier alpha value is -0.120. The van der Waals surface area contributed by atoms with Crippen LogP contribution in [0.25, 0.3) is 0 Å². The molecule has 1 atom stereocenters. The topological polar surface area (TPSA) is 55.5 Å². The molecule has 0 saturated carbocycles. The highest BCUT2D eigenvalue weighted by Crippen LogP contribution is 2.31. The fraction of sp³-hybridized carbons (Fsp3) is 1.00. The first-order chi connectivity index (χ1) is 4.66. The van der Waals surface area contributed by atoms with Gasteiger partial charge >= 0.3 is 0 Å². The molecule has 1 heterocycles. The molecule has 3 N–H and O–H groups in total. The zero-order valence-electron chi connectivity index (χ0n) is 6.34. The molecule has 60 valence electrons. The van der Waals surface area contributed by atoms with Crippen molar-refractivity contribution in [2.45, 2.75) is 19.4 Å². The largest absolute Gasteiger partial charge is 0.392 e. The van der Waals surface area contributed by atoms with Gasteiger partial charge in [-0.1, -0.05) is 6.92 Å². The van der Waals surface area contributed by atoms with Gasteiger partial charge in [-0.25, -0.2) is 0 Å². The van der Waals surface area contributed by atoms with E-state index < -0.39 is 0 Å². The number of nitrogens with two attached hydrogens (primary N) is 1. The van der Waals surface area contributed by atoms with Gasteiger partial charge < -0.3 is 15.6 Å². The molecule has 3 heteroatoms. The molecule has 1 aliphatic rings. The second kappa shape index (κ2) is 2.86. The Labute approximate surface area is 61.2 Å². The van der Waals surface area contributed by atoms with Gasteiger partial charge in [0.2, 0.25) is 0 Å². The minimum atomic E-state index is -0.353. The van der Waals surface area contributed by atoms with Crippen molar-refractivity contribution in [3.8, 4) is 0 Å². The highest BCUT2D eigenvalue weighted by atomic mass is 16.5. The lowest BCUT2D eigenvalue weighted by molar-refractivity contribution is -0.119. The van der Waals surface area contributed by atoms with Crippen LogP contribution in [0.3, 0.4) is 0 Å². The summed E-state index contributed by atoms with van der Waals surface area (Å²) in [6, 6.07) is 0. The number of aliphatic hydroxyl groups is 1. The van der Waals surface area contributed by atoms with Gasteiger partial charge in [-0.15, -0.1) is 0 Å². The third kappa shape index (κ3) is 1.68. The van der Waals surface area contributed by atoms with E-state index in [4.69, 9.17) is 10.5 Å². The summed E-state index contributed by atoms with van der Waals surface area (Å²) in [6.07, 6.45) is 0.414. The van der Waals surface area contributed by atoms with E-state index in [1.54, 1.807) is 0 Å². The van der Waals surface area contributed by atoms with E-state index in [0.717, 1.165) is 19.6 Å². The van der Waals surface area contributed by atoms with Crippen LogP contribution in [0.4, 0.5) is 0 Å². The predicted octanol–water partition coefficient (Wildman–Crippen LogP) is -0.267. The lowest BCUT2D eigenvalue weighted by Gasteiger charge is -2.39. The van der Waals surface area contributed by atoms with Crippen LogP contribution in [0.15, 0.2) is 0 Å². The summed E-state index contributed by atoms with van der Waals surface area (Å²) in [5.74, 6) is 0. The Kier molecular flexibility index (Phi) is 2.28. The minimum Gasteiger partial charge on any atom is -0.392 e. The van der Waals surface area contributed by atoms with Crippen molar-refractivity contribution < 1.29 is 9.84 Å². The Morgan fingerprint density at radius 3 is 2.60 bits per heavy atom. The molecular formula is C7H15NO2. The summed E-state index contributed by atoms with van der Waals surface area (Å²) in [5, 5.41) is 9.18. The Balaban J connectivity index is 2.22. The van der Waals surface area contributed by atoms with Crippen LogP contribution in [0.1, 0.15) is 13.3 Å². The highest BCUT2D eigenvalue weighted by Gasteiger charge is 2.34. The monoisotopic (exact) mass is 145 g/mol.